The van der Waals surface area contributed by atoms with Crippen molar-refractivity contribution < 1.29 is 14.3 Å². The Morgan fingerprint density at radius 1 is 1.19 bits per heavy atom. The van der Waals surface area contributed by atoms with Crippen molar-refractivity contribution in [2.45, 2.75) is 19.4 Å². The van der Waals surface area contributed by atoms with Gasteiger partial charge in [-0.15, -0.1) is 11.3 Å². The van der Waals surface area contributed by atoms with Crippen molar-refractivity contribution in [2.75, 3.05) is 6.61 Å². The summed E-state index contributed by atoms with van der Waals surface area (Å²) in [4.78, 5) is 24.3. The summed E-state index contributed by atoms with van der Waals surface area (Å²) >= 11 is 1.49. The third-order valence-electron chi connectivity index (χ3n) is 2.94. The standard InChI is InChI=1S/C16H17NO3S/c1-12(13-6-3-2-4-7-13)17-15(18)11-20-16(19)10-14-8-5-9-21-14/h2-9,12H,10-11H2,1H3,(H,17,18)/t12-/m1/s1. The topological polar surface area (TPSA) is 55.4 Å². The highest BCUT2D eigenvalue weighted by Gasteiger charge is 2.12. The molecule has 0 fully saturated rings. The fraction of sp³-hybridized carbons (Fsp3) is 0.250. The number of benzene rings is 1. The van der Waals surface area contributed by atoms with Crippen molar-refractivity contribution >= 4 is 23.2 Å². The molecule has 1 heterocycles. The monoisotopic (exact) mass is 303 g/mol. The molecule has 1 N–H and O–H groups in total. The molecule has 0 unspecified atom stereocenters. The van der Waals surface area contributed by atoms with Gasteiger partial charge in [0.15, 0.2) is 6.61 Å². The second-order valence-electron chi connectivity index (χ2n) is 4.62. The number of thiophene rings is 1. The summed E-state index contributed by atoms with van der Waals surface area (Å²) in [6.45, 7) is 1.64. The maximum absolute atomic E-state index is 11.7. The van der Waals surface area contributed by atoms with Gasteiger partial charge in [0.1, 0.15) is 0 Å². The molecule has 0 saturated carbocycles. The molecule has 0 spiro atoms. The average Bonchev–Trinajstić information content (AvgIpc) is 2.99. The van der Waals surface area contributed by atoms with Crippen molar-refractivity contribution in [3.8, 4) is 0 Å². The van der Waals surface area contributed by atoms with Crippen LogP contribution >= 0.6 is 11.3 Å². The number of rotatable bonds is 6. The van der Waals surface area contributed by atoms with E-state index in [0.717, 1.165) is 10.4 Å². The summed E-state index contributed by atoms with van der Waals surface area (Å²) < 4.78 is 4.97. The van der Waals surface area contributed by atoms with Crippen LogP contribution in [0, 0.1) is 0 Å². The number of esters is 1. The molecule has 0 aliphatic rings. The number of carbonyl (C=O) groups is 2. The van der Waals surface area contributed by atoms with Crippen molar-refractivity contribution in [3.05, 3.63) is 58.3 Å². The van der Waals surface area contributed by atoms with E-state index in [4.69, 9.17) is 4.74 Å². The molecule has 0 aliphatic heterocycles. The molecule has 4 nitrogen and oxygen atoms in total. The summed E-state index contributed by atoms with van der Waals surface area (Å²) in [7, 11) is 0. The maximum Gasteiger partial charge on any atom is 0.311 e. The van der Waals surface area contributed by atoms with Crippen molar-refractivity contribution in [1.29, 1.82) is 0 Å². The zero-order chi connectivity index (χ0) is 15.1. The SMILES string of the molecule is C[C@@H](NC(=O)COC(=O)Cc1cccs1)c1ccccc1. The highest BCUT2D eigenvalue weighted by Crippen LogP contribution is 2.11. The predicted molar refractivity (Wildman–Crippen MR) is 82.0 cm³/mol. The van der Waals surface area contributed by atoms with E-state index in [2.05, 4.69) is 5.32 Å². The summed E-state index contributed by atoms with van der Waals surface area (Å²) in [6.07, 6.45) is 0.208. The van der Waals surface area contributed by atoms with Crippen LogP contribution in [0.4, 0.5) is 0 Å². The minimum Gasteiger partial charge on any atom is -0.455 e. The van der Waals surface area contributed by atoms with Crippen LogP contribution in [0.1, 0.15) is 23.4 Å². The minimum atomic E-state index is -0.389. The lowest BCUT2D eigenvalue weighted by molar-refractivity contribution is -0.148. The molecule has 5 heteroatoms. The first-order chi connectivity index (χ1) is 10.1. The van der Waals surface area contributed by atoms with Gasteiger partial charge in [-0.2, -0.15) is 0 Å². The second-order valence-corrected chi connectivity index (χ2v) is 5.65. The van der Waals surface area contributed by atoms with E-state index in [1.54, 1.807) is 0 Å². The predicted octanol–water partition coefficient (Wildman–Crippen LogP) is 2.71. The van der Waals surface area contributed by atoms with E-state index in [1.165, 1.54) is 11.3 Å². The van der Waals surface area contributed by atoms with Crippen molar-refractivity contribution in [3.63, 3.8) is 0 Å². The molecule has 2 rings (SSSR count). The number of nitrogens with one attached hydrogen (secondary N) is 1. The Morgan fingerprint density at radius 3 is 2.62 bits per heavy atom. The number of hydrogen-bond donors (Lipinski definition) is 1. The third kappa shape index (κ3) is 5.04. The van der Waals surface area contributed by atoms with Gasteiger partial charge in [0.05, 0.1) is 12.5 Å². The fourth-order valence-electron chi connectivity index (χ4n) is 1.86. The number of ether oxygens (including phenoxy) is 1. The first-order valence-corrected chi connectivity index (χ1v) is 7.55. The van der Waals surface area contributed by atoms with Crippen LogP contribution < -0.4 is 5.32 Å². The van der Waals surface area contributed by atoms with Crippen molar-refractivity contribution in [2.24, 2.45) is 0 Å². The highest BCUT2D eigenvalue weighted by molar-refractivity contribution is 7.10. The Morgan fingerprint density at radius 2 is 1.95 bits per heavy atom. The minimum absolute atomic E-state index is 0.116. The second kappa shape index (κ2) is 7.59. The van der Waals surface area contributed by atoms with Gasteiger partial charge in [-0.1, -0.05) is 36.4 Å². The lowest BCUT2D eigenvalue weighted by Crippen LogP contribution is -2.31. The largest absolute Gasteiger partial charge is 0.455 e. The van der Waals surface area contributed by atoms with E-state index in [1.807, 2.05) is 54.8 Å². The lowest BCUT2D eigenvalue weighted by Gasteiger charge is -2.14. The van der Waals surface area contributed by atoms with Gasteiger partial charge < -0.3 is 10.1 Å². The van der Waals surface area contributed by atoms with Crippen LogP contribution in [0.25, 0.3) is 0 Å². The molecule has 1 aromatic heterocycles. The van der Waals surface area contributed by atoms with E-state index >= 15 is 0 Å². The number of carbonyl (C=O) groups excluding carboxylic acids is 2. The van der Waals surface area contributed by atoms with Gasteiger partial charge in [-0.25, -0.2) is 0 Å². The molecule has 0 bridgehead atoms. The molecule has 0 radical (unpaired) electrons. The Hall–Kier alpha value is -2.14. The van der Waals surface area contributed by atoms with Crippen molar-refractivity contribution in [1.82, 2.24) is 5.32 Å². The first kappa shape index (κ1) is 15.3. The Bertz CT molecular complexity index is 581. The van der Waals surface area contributed by atoms with Gasteiger partial charge in [0.2, 0.25) is 0 Å². The third-order valence-corrected chi connectivity index (χ3v) is 3.82. The summed E-state index contributed by atoms with van der Waals surface area (Å²) in [5.41, 5.74) is 1.01. The lowest BCUT2D eigenvalue weighted by atomic mass is 10.1. The summed E-state index contributed by atoms with van der Waals surface area (Å²) in [5.74, 6) is -0.689. The van der Waals surface area contributed by atoms with Crippen LogP contribution in [0.15, 0.2) is 47.8 Å². The van der Waals surface area contributed by atoms with E-state index in [9.17, 15) is 9.59 Å². The average molecular weight is 303 g/mol. The molecule has 1 aromatic carbocycles. The Labute approximate surface area is 127 Å². The highest BCUT2D eigenvalue weighted by atomic mass is 32.1. The quantitative estimate of drug-likeness (QED) is 0.835. The Balaban J connectivity index is 1.73. The van der Waals surface area contributed by atoms with Crippen LogP contribution in [0.3, 0.4) is 0 Å². The molecule has 110 valence electrons. The molecule has 0 saturated heterocycles. The van der Waals surface area contributed by atoms with Gasteiger partial charge in [-0.3, -0.25) is 9.59 Å². The smallest absolute Gasteiger partial charge is 0.311 e. The summed E-state index contributed by atoms with van der Waals surface area (Å²) in [5, 5.41) is 4.70. The molecule has 2 aromatic rings. The maximum atomic E-state index is 11.7. The fourth-order valence-corrected chi connectivity index (χ4v) is 2.55. The van der Waals surface area contributed by atoms with E-state index in [-0.39, 0.29) is 30.9 Å². The first-order valence-electron chi connectivity index (χ1n) is 6.67. The van der Waals surface area contributed by atoms with Gasteiger partial charge in [-0.05, 0) is 23.9 Å². The zero-order valence-electron chi connectivity index (χ0n) is 11.7. The summed E-state index contributed by atoms with van der Waals surface area (Å²) in [6, 6.07) is 13.3. The van der Waals surface area contributed by atoms with Crippen LogP contribution in [0.5, 0.6) is 0 Å². The number of hydrogen-bond acceptors (Lipinski definition) is 4. The molecule has 21 heavy (non-hydrogen) atoms. The Kier molecular flexibility index (Phi) is 5.51. The molecular weight excluding hydrogens is 286 g/mol. The van der Waals surface area contributed by atoms with E-state index in [0.29, 0.717) is 0 Å². The van der Waals surface area contributed by atoms with Crippen LogP contribution in [-0.2, 0) is 20.7 Å². The number of amides is 1. The molecule has 0 aliphatic carbocycles. The van der Waals surface area contributed by atoms with E-state index < -0.39 is 0 Å². The van der Waals surface area contributed by atoms with Gasteiger partial charge >= 0.3 is 5.97 Å². The molecule has 1 amide bonds. The van der Waals surface area contributed by atoms with Crippen LogP contribution in [0.2, 0.25) is 0 Å². The molecular formula is C16H17NO3S. The van der Waals surface area contributed by atoms with Gasteiger partial charge in [0, 0.05) is 4.88 Å². The molecule has 1 atom stereocenters. The van der Waals surface area contributed by atoms with Crippen LogP contribution in [-0.4, -0.2) is 18.5 Å². The zero-order valence-corrected chi connectivity index (χ0v) is 12.6. The van der Waals surface area contributed by atoms with Gasteiger partial charge in [0.25, 0.3) is 5.91 Å². The normalized spacial score (nSPS) is 11.7.